The van der Waals surface area contributed by atoms with Crippen molar-refractivity contribution in [3.63, 3.8) is 0 Å². The fraction of sp³-hybridized carbons (Fsp3) is 0.310. The molecule has 0 saturated heterocycles. The van der Waals surface area contributed by atoms with Crippen molar-refractivity contribution in [1.29, 1.82) is 0 Å². The molecular formula is C29H29NO5. The Kier molecular flexibility index (Phi) is 6.20. The number of amides is 1. The minimum atomic E-state index is -0.584. The molecule has 4 aromatic rings. The van der Waals surface area contributed by atoms with Gasteiger partial charge in [-0.05, 0) is 73.4 Å². The van der Waals surface area contributed by atoms with Crippen molar-refractivity contribution in [3.05, 3.63) is 98.8 Å². The minimum Gasteiger partial charge on any atom is -0.494 e. The molecule has 5 rings (SSSR count). The van der Waals surface area contributed by atoms with E-state index in [9.17, 15) is 9.59 Å². The van der Waals surface area contributed by atoms with Crippen LogP contribution in [0, 0.1) is 13.8 Å². The monoisotopic (exact) mass is 471 g/mol. The standard InChI is InChI=1S/C29H29NO5/c1-4-5-6-13-33-21-11-9-20(10-12-21)26-25-27(31)23-15-18(2)19(3)16-24(23)35-28(25)29(32)30(26)17-22-8-7-14-34-22/h7-12,14-16,26H,4-6,13,17H2,1-3H3. The van der Waals surface area contributed by atoms with Gasteiger partial charge in [0.15, 0.2) is 5.43 Å². The van der Waals surface area contributed by atoms with E-state index in [0.29, 0.717) is 28.9 Å². The van der Waals surface area contributed by atoms with E-state index < -0.39 is 6.04 Å². The largest absolute Gasteiger partial charge is 0.494 e. The number of aryl methyl sites for hydroxylation is 2. The van der Waals surface area contributed by atoms with Gasteiger partial charge in [0.05, 0.1) is 36.4 Å². The molecule has 0 saturated carbocycles. The SMILES string of the molecule is CCCCCOc1ccc(C2c3c(oc4cc(C)c(C)cc4c3=O)C(=O)N2Cc2ccco2)cc1. The molecule has 2 aromatic heterocycles. The molecule has 1 unspecified atom stereocenters. The van der Waals surface area contributed by atoms with E-state index in [1.165, 1.54) is 0 Å². The number of hydrogen-bond donors (Lipinski definition) is 0. The first-order valence-electron chi connectivity index (χ1n) is 12.1. The number of ether oxygens (including phenoxy) is 1. The Morgan fingerprint density at radius 2 is 1.77 bits per heavy atom. The van der Waals surface area contributed by atoms with E-state index in [0.717, 1.165) is 41.7 Å². The molecule has 0 fully saturated rings. The highest BCUT2D eigenvalue weighted by molar-refractivity contribution is 5.99. The molecule has 1 amide bonds. The quantitative estimate of drug-likeness (QED) is 0.281. The summed E-state index contributed by atoms with van der Waals surface area (Å²) >= 11 is 0. The summed E-state index contributed by atoms with van der Waals surface area (Å²) in [7, 11) is 0. The third-order valence-corrected chi connectivity index (χ3v) is 6.70. The van der Waals surface area contributed by atoms with E-state index in [1.807, 2.05) is 56.3 Å². The van der Waals surface area contributed by atoms with Crippen LogP contribution in [0.25, 0.3) is 11.0 Å². The van der Waals surface area contributed by atoms with Crippen molar-refractivity contribution in [3.8, 4) is 5.75 Å². The highest BCUT2D eigenvalue weighted by Gasteiger charge is 2.43. The smallest absolute Gasteiger partial charge is 0.291 e. The van der Waals surface area contributed by atoms with E-state index >= 15 is 0 Å². The molecule has 0 radical (unpaired) electrons. The number of nitrogens with zero attached hydrogens (tertiary/aromatic N) is 1. The van der Waals surface area contributed by atoms with Crippen molar-refractivity contribution in [2.75, 3.05) is 6.61 Å². The maximum atomic E-state index is 13.7. The molecule has 6 heteroatoms. The summed E-state index contributed by atoms with van der Waals surface area (Å²) in [6.07, 6.45) is 4.85. The topological polar surface area (TPSA) is 72.9 Å². The number of carbonyl (C=O) groups is 1. The van der Waals surface area contributed by atoms with Crippen molar-refractivity contribution >= 4 is 16.9 Å². The number of hydrogen-bond acceptors (Lipinski definition) is 5. The number of fused-ring (bicyclic) bond motifs is 2. The van der Waals surface area contributed by atoms with Crippen molar-refractivity contribution < 1.29 is 18.4 Å². The average Bonchev–Trinajstić information content (AvgIpc) is 3.46. The maximum absolute atomic E-state index is 13.7. The van der Waals surface area contributed by atoms with E-state index in [-0.39, 0.29) is 23.6 Å². The second-order valence-electron chi connectivity index (χ2n) is 9.15. The zero-order valence-electron chi connectivity index (χ0n) is 20.3. The summed E-state index contributed by atoms with van der Waals surface area (Å²) in [5.74, 6) is 1.18. The third kappa shape index (κ3) is 4.25. The lowest BCUT2D eigenvalue weighted by Crippen LogP contribution is -2.29. The van der Waals surface area contributed by atoms with Gasteiger partial charge in [0.2, 0.25) is 5.76 Å². The first-order chi connectivity index (χ1) is 17.0. The van der Waals surface area contributed by atoms with E-state index in [4.69, 9.17) is 13.6 Å². The molecule has 0 spiro atoms. The van der Waals surface area contributed by atoms with Crippen LogP contribution in [0.15, 0.2) is 68.4 Å². The van der Waals surface area contributed by atoms with Crippen LogP contribution < -0.4 is 10.2 Å². The number of rotatable bonds is 8. The van der Waals surface area contributed by atoms with Gasteiger partial charge in [-0.15, -0.1) is 0 Å². The zero-order valence-corrected chi connectivity index (χ0v) is 20.3. The van der Waals surface area contributed by atoms with Crippen molar-refractivity contribution in [2.45, 2.75) is 52.6 Å². The molecule has 1 aliphatic rings. The molecule has 1 aliphatic heterocycles. The average molecular weight is 472 g/mol. The number of unbranched alkanes of at least 4 members (excludes halogenated alkanes) is 2. The molecule has 0 aliphatic carbocycles. The Labute approximate surface area is 204 Å². The summed E-state index contributed by atoms with van der Waals surface area (Å²) in [5.41, 5.74) is 3.45. The number of furan rings is 1. The highest BCUT2D eigenvalue weighted by Crippen LogP contribution is 2.39. The highest BCUT2D eigenvalue weighted by atomic mass is 16.5. The lowest BCUT2D eigenvalue weighted by Gasteiger charge is -2.24. The van der Waals surface area contributed by atoms with E-state index in [2.05, 4.69) is 6.92 Å². The lowest BCUT2D eigenvalue weighted by atomic mass is 9.97. The maximum Gasteiger partial charge on any atom is 0.291 e. The van der Waals surface area contributed by atoms with Crippen LogP contribution in [0.3, 0.4) is 0 Å². The van der Waals surface area contributed by atoms with Gasteiger partial charge < -0.3 is 18.5 Å². The fourth-order valence-corrected chi connectivity index (χ4v) is 4.64. The zero-order chi connectivity index (χ0) is 24.5. The molecule has 3 heterocycles. The lowest BCUT2D eigenvalue weighted by molar-refractivity contribution is 0.0701. The van der Waals surface area contributed by atoms with Crippen molar-refractivity contribution in [2.24, 2.45) is 0 Å². The summed E-state index contributed by atoms with van der Waals surface area (Å²) in [4.78, 5) is 28.9. The van der Waals surface area contributed by atoms with Crippen LogP contribution in [-0.2, 0) is 6.54 Å². The van der Waals surface area contributed by atoms with Gasteiger partial charge in [-0.2, -0.15) is 0 Å². The van der Waals surface area contributed by atoms with Gasteiger partial charge in [0.1, 0.15) is 17.1 Å². The minimum absolute atomic E-state index is 0.0993. The van der Waals surface area contributed by atoms with Gasteiger partial charge in [-0.25, -0.2) is 0 Å². The van der Waals surface area contributed by atoms with Crippen LogP contribution in [0.4, 0.5) is 0 Å². The molecule has 1 atom stereocenters. The normalized spacial score (nSPS) is 15.1. The van der Waals surface area contributed by atoms with Crippen LogP contribution in [0.2, 0.25) is 0 Å². The second kappa shape index (κ2) is 9.45. The molecule has 0 bridgehead atoms. The molecule has 0 N–H and O–H groups in total. The first kappa shape index (κ1) is 23.0. The summed E-state index contributed by atoms with van der Waals surface area (Å²) in [6, 6.07) is 14.3. The number of carbonyl (C=O) groups excluding carboxylic acids is 1. The van der Waals surface area contributed by atoms with Gasteiger partial charge >= 0.3 is 0 Å². The van der Waals surface area contributed by atoms with Crippen molar-refractivity contribution in [1.82, 2.24) is 4.90 Å². The van der Waals surface area contributed by atoms with E-state index in [1.54, 1.807) is 17.2 Å². The Hall–Kier alpha value is -3.80. The predicted octanol–water partition coefficient (Wildman–Crippen LogP) is 6.32. The van der Waals surface area contributed by atoms with Gasteiger partial charge in [-0.1, -0.05) is 31.9 Å². The van der Waals surface area contributed by atoms with Gasteiger partial charge in [-0.3, -0.25) is 9.59 Å². The summed E-state index contributed by atoms with van der Waals surface area (Å²) in [6.45, 7) is 6.97. The predicted molar refractivity (Wildman–Crippen MR) is 134 cm³/mol. The Bertz CT molecular complexity index is 1420. The van der Waals surface area contributed by atoms with Crippen LogP contribution in [-0.4, -0.2) is 17.4 Å². The molecule has 35 heavy (non-hydrogen) atoms. The summed E-state index contributed by atoms with van der Waals surface area (Å²) < 4.78 is 17.5. The molecule has 180 valence electrons. The van der Waals surface area contributed by atoms with Gasteiger partial charge in [0, 0.05) is 0 Å². The van der Waals surface area contributed by atoms with Crippen LogP contribution in [0.5, 0.6) is 5.75 Å². The Morgan fingerprint density at radius 1 is 1.00 bits per heavy atom. The Morgan fingerprint density at radius 3 is 2.49 bits per heavy atom. The first-order valence-corrected chi connectivity index (χ1v) is 12.1. The number of benzene rings is 2. The van der Waals surface area contributed by atoms with Crippen LogP contribution >= 0.6 is 0 Å². The molecule has 2 aromatic carbocycles. The van der Waals surface area contributed by atoms with Gasteiger partial charge in [0.25, 0.3) is 5.91 Å². The molecular weight excluding hydrogens is 442 g/mol. The Balaban J connectivity index is 1.58. The fourth-order valence-electron chi connectivity index (χ4n) is 4.64. The molecule has 6 nitrogen and oxygen atoms in total. The third-order valence-electron chi connectivity index (χ3n) is 6.70. The van der Waals surface area contributed by atoms with Crippen LogP contribution in [0.1, 0.15) is 70.8 Å². The second-order valence-corrected chi connectivity index (χ2v) is 9.15. The summed E-state index contributed by atoms with van der Waals surface area (Å²) in [5, 5.41) is 0.486.